The maximum absolute atomic E-state index is 11.4. The highest BCUT2D eigenvalue weighted by Gasteiger charge is 2.11. The highest BCUT2D eigenvalue weighted by atomic mass is 16.5. The summed E-state index contributed by atoms with van der Waals surface area (Å²) in [6.45, 7) is 3.93. The van der Waals surface area contributed by atoms with Gasteiger partial charge in [0.1, 0.15) is 5.75 Å². The van der Waals surface area contributed by atoms with Gasteiger partial charge in [0, 0.05) is 6.08 Å². The van der Waals surface area contributed by atoms with Crippen LogP contribution in [-0.4, -0.2) is 24.6 Å². The van der Waals surface area contributed by atoms with Crippen molar-refractivity contribution in [1.82, 2.24) is 0 Å². The van der Waals surface area contributed by atoms with Crippen LogP contribution in [0.5, 0.6) is 5.75 Å². The molecular weight excluding hydrogens is 246 g/mol. The van der Waals surface area contributed by atoms with Gasteiger partial charge in [0.15, 0.2) is 6.10 Å². The Morgan fingerprint density at radius 3 is 2.47 bits per heavy atom. The first-order valence-corrected chi connectivity index (χ1v) is 5.93. The van der Waals surface area contributed by atoms with E-state index in [2.05, 4.69) is 0 Å². The summed E-state index contributed by atoms with van der Waals surface area (Å²) in [6.07, 6.45) is 1.90. The van der Waals surface area contributed by atoms with E-state index in [9.17, 15) is 9.59 Å². The van der Waals surface area contributed by atoms with E-state index in [1.54, 1.807) is 18.2 Å². The lowest BCUT2D eigenvalue weighted by atomic mass is 10.2. The Kier molecular flexibility index (Phi) is 5.60. The van der Waals surface area contributed by atoms with Gasteiger partial charge in [0.25, 0.3) is 5.91 Å². The summed E-state index contributed by atoms with van der Waals surface area (Å²) in [5.41, 5.74) is 5.81. The summed E-state index contributed by atoms with van der Waals surface area (Å²) < 4.78 is 10.1. The molecule has 1 aromatic carbocycles. The summed E-state index contributed by atoms with van der Waals surface area (Å²) in [5.74, 6) is -0.521. The third-order valence-electron chi connectivity index (χ3n) is 2.30. The second-order valence-corrected chi connectivity index (χ2v) is 3.82. The van der Waals surface area contributed by atoms with Crippen molar-refractivity contribution in [2.75, 3.05) is 6.61 Å². The lowest BCUT2D eigenvalue weighted by molar-refractivity contribution is -0.148. The highest BCUT2D eigenvalue weighted by Crippen LogP contribution is 2.13. The number of amides is 1. The maximum Gasteiger partial charge on any atom is 0.331 e. The lowest BCUT2D eigenvalue weighted by Crippen LogP contribution is -2.29. The second kappa shape index (κ2) is 7.20. The molecule has 19 heavy (non-hydrogen) atoms. The molecule has 1 rings (SSSR count). The molecule has 2 N–H and O–H groups in total. The van der Waals surface area contributed by atoms with E-state index in [-0.39, 0.29) is 0 Å². The van der Waals surface area contributed by atoms with Crippen molar-refractivity contribution in [3.63, 3.8) is 0 Å². The molecule has 5 heteroatoms. The van der Waals surface area contributed by atoms with Crippen molar-refractivity contribution in [2.24, 2.45) is 5.73 Å². The Hall–Kier alpha value is -2.30. The summed E-state index contributed by atoms with van der Waals surface area (Å²) in [6, 6.07) is 7.24. The number of rotatable bonds is 6. The first kappa shape index (κ1) is 14.8. The quantitative estimate of drug-likeness (QED) is 0.623. The Balaban J connectivity index is 2.56. The predicted octanol–water partition coefficient (Wildman–Crippen LogP) is 1.52. The van der Waals surface area contributed by atoms with Gasteiger partial charge < -0.3 is 15.2 Å². The normalized spacial score (nSPS) is 12.1. The van der Waals surface area contributed by atoms with Crippen molar-refractivity contribution < 1.29 is 19.1 Å². The molecule has 0 aliphatic heterocycles. The molecule has 0 bridgehead atoms. The standard InChI is InChI=1S/C14H17NO4/c1-3-18-12-7-4-11(5-8-12)6-9-13(16)19-10(2)14(15)17/h4-10H,3H2,1-2H3,(H2,15,17)/b9-6+. The van der Waals surface area contributed by atoms with E-state index in [1.807, 2.05) is 19.1 Å². The largest absolute Gasteiger partial charge is 0.494 e. The van der Waals surface area contributed by atoms with Gasteiger partial charge in [-0.3, -0.25) is 4.79 Å². The molecule has 0 spiro atoms. The Morgan fingerprint density at radius 2 is 1.95 bits per heavy atom. The summed E-state index contributed by atoms with van der Waals surface area (Å²) in [5, 5.41) is 0. The minimum absolute atomic E-state index is 0.604. The molecule has 1 atom stereocenters. The van der Waals surface area contributed by atoms with Crippen LogP contribution in [0.15, 0.2) is 30.3 Å². The van der Waals surface area contributed by atoms with E-state index >= 15 is 0 Å². The van der Waals surface area contributed by atoms with Crippen LogP contribution < -0.4 is 10.5 Å². The molecular formula is C14H17NO4. The van der Waals surface area contributed by atoms with Gasteiger partial charge in [-0.05, 0) is 37.6 Å². The SMILES string of the molecule is CCOc1ccc(/C=C/C(=O)OC(C)C(N)=O)cc1. The third-order valence-corrected chi connectivity index (χ3v) is 2.30. The fourth-order valence-electron chi connectivity index (χ4n) is 1.28. The second-order valence-electron chi connectivity index (χ2n) is 3.82. The molecule has 1 aromatic rings. The molecule has 0 aliphatic rings. The number of nitrogens with two attached hydrogens (primary N) is 1. The van der Waals surface area contributed by atoms with Gasteiger partial charge >= 0.3 is 5.97 Å². The minimum Gasteiger partial charge on any atom is -0.494 e. The molecule has 1 unspecified atom stereocenters. The van der Waals surface area contributed by atoms with Crippen LogP contribution in [0.4, 0.5) is 0 Å². The Labute approximate surface area is 112 Å². The monoisotopic (exact) mass is 263 g/mol. The number of carbonyl (C=O) groups is 2. The lowest BCUT2D eigenvalue weighted by Gasteiger charge is -2.06. The van der Waals surface area contributed by atoms with E-state index in [0.29, 0.717) is 6.61 Å². The van der Waals surface area contributed by atoms with E-state index in [0.717, 1.165) is 11.3 Å². The van der Waals surface area contributed by atoms with Crippen LogP contribution >= 0.6 is 0 Å². The summed E-state index contributed by atoms with van der Waals surface area (Å²) >= 11 is 0. The molecule has 0 fully saturated rings. The van der Waals surface area contributed by atoms with E-state index in [1.165, 1.54) is 13.0 Å². The molecule has 1 amide bonds. The predicted molar refractivity (Wildman–Crippen MR) is 71.4 cm³/mol. The van der Waals surface area contributed by atoms with E-state index in [4.69, 9.17) is 15.2 Å². The maximum atomic E-state index is 11.4. The molecule has 5 nitrogen and oxygen atoms in total. The number of primary amides is 1. The van der Waals surface area contributed by atoms with Crippen LogP contribution in [0.25, 0.3) is 6.08 Å². The smallest absolute Gasteiger partial charge is 0.331 e. The van der Waals surface area contributed by atoms with Gasteiger partial charge in [-0.25, -0.2) is 4.79 Å². The molecule has 102 valence electrons. The van der Waals surface area contributed by atoms with Crippen LogP contribution in [-0.2, 0) is 14.3 Å². The number of hydrogen-bond acceptors (Lipinski definition) is 4. The zero-order chi connectivity index (χ0) is 14.3. The molecule has 0 saturated heterocycles. The van der Waals surface area contributed by atoms with Crippen molar-refractivity contribution in [3.8, 4) is 5.75 Å². The summed E-state index contributed by atoms with van der Waals surface area (Å²) in [7, 11) is 0. The van der Waals surface area contributed by atoms with Gasteiger partial charge in [-0.2, -0.15) is 0 Å². The number of esters is 1. The molecule has 0 radical (unpaired) electrons. The zero-order valence-corrected chi connectivity index (χ0v) is 11.0. The van der Waals surface area contributed by atoms with Gasteiger partial charge in [-0.15, -0.1) is 0 Å². The number of ether oxygens (including phenoxy) is 2. The van der Waals surface area contributed by atoms with E-state index < -0.39 is 18.0 Å². The van der Waals surface area contributed by atoms with Crippen molar-refractivity contribution in [1.29, 1.82) is 0 Å². The molecule has 0 aromatic heterocycles. The Bertz CT molecular complexity index is 465. The zero-order valence-electron chi connectivity index (χ0n) is 11.0. The fraction of sp³-hybridized carbons (Fsp3) is 0.286. The number of carbonyl (C=O) groups excluding carboxylic acids is 2. The molecule has 0 aliphatic carbocycles. The minimum atomic E-state index is -0.933. The average molecular weight is 263 g/mol. The highest BCUT2D eigenvalue weighted by molar-refractivity contribution is 5.89. The summed E-state index contributed by atoms with van der Waals surface area (Å²) in [4.78, 5) is 22.1. The van der Waals surface area contributed by atoms with Crippen LogP contribution in [0, 0.1) is 0 Å². The Morgan fingerprint density at radius 1 is 1.32 bits per heavy atom. The van der Waals surface area contributed by atoms with Crippen LogP contribution in [0.3, 0.4) is 0 Å². The van der Waals surface area contributed by atoms with Gasteiger partial charge in [0.05, 0.1) is 6.61 Å². The average Bonchev–Trinajstić information content (AvgIpc) is 2.38. The first-order valence-electron chi connectivity index (χ1n) is 5.93. The number of benzene rings is 1. The van der Waals surface area contributed by atoms with Crippen LogP contribution in [0.2, 0.25) is 0 Å². The topological polar surface area (TPSA) is 78.6 Å². The molecule has 0 saturated carbocycles. The van der Waals surface area contributed by atoms with Gasteiger partial charge in [-0.1, -0.05) is 12.1 Å². The van der Waals surface area contributed by atoms with Crippen molar-refractivity contribution in [3.05, 3.63) is 35.9 Å². The first-order chi connectivity index (χ1) is 9.02. The van der Waals surface area contributed by atoms with Crippen molar-refractivity contribution in [2.45, 2.75) is 20.0 Å². The van der Waals surface area contributed by atoms with Gasteiger partial charge in [0.2, 0.25) is 0 Å². The molecule has 0 heterocycles. The van der Waals surface area contributed by atoms with Crippen molar-refractivity contribution >= 4 is 18.0 Å². The van der Waals surface area contributed by atoms with Crippen LogP contribution in [0.1, 0.15) is 19.4 Å². The number of hydrogen-bond donors (Lipinski definition) is 1. The third kappa shape index (κ3) is 5.25. The fourth-order valence-corrected chi connectivity index (χ4v) is 1.28.